The molecule has 0 unspecified atom stereocenters. The van der Waals surface area contributed by atoms with Gasteiger partial charge in [-0.3, -0.25) is 4.79 Å². The zero-order valence-corrected chi connectivity index (χ0v) is 15.2. The molecule has 1 N–H and O–H groups in total. The summed E-state index contributed by atoms with van der Waals surface area (Å²) < 4.78 is 5.54. The zero-order valence-electron chi connectivity index (χ0n) is 14.4. The number of nitrogens with one attached hydrogen (secondary N) is 1. The highest BCUT2D eigenvalue weighted by atomic mass is 32.1. The van der Waals surface area contributed by atoms with E-state index in [4.69, 9.17) is 4.74 Å². The molecule has 3 nitrogen and oxygen atoms in total. The van der Waals surface area contributed by atoms with Crippen LogP contribution >= 0.6 is 11.3 Å². The first-order chi connectivity index (χ1) is 12.2. The molecular weight excluding hydrogens is 330 g/mol. The molecule has 0 bridgehead atoms. The van der Waals surface area contributed by atoms with Crippen LogP contribution in [0.3, 0.4) is 0 Å². The van der Waals surface area contributed by atoms with Crippen molar-refractivity contribution in [3.05, 3.63) is 76.5 Å². The second-order valence-corrected chi connectivity index (χ2v) is 6.65. The summed E-state index contributed by atoms with van der Waals surface area (Å²) in [7, 11) is 0. The first-order valence-corrected chi connectivity index (χ1v) is 9.23. The lowest BCUT2D eigenvalue weighted by Crippen LogP contribution is -2.26. The van der Waals surface area contributed by atoms with Crippen LogP contribution in [0, 0.1) is 0 Å². The number of ether oxygens (including phenoxy) is 1. The average Bonchev–Trinajstić information content (AvgIpc) is 3.13. The van der Waals surface area contributed by atoms with Gasteiger partial charge in [-0.25, -0.2) is 0 Å². The Morgan fingerprint density at radius 3 is 2.68 bits per heavy atom. The quantitative estimate of drug-likeness (QED) is 0.654. The third kappa shape index (κ3) is 4.09. The van der Waals surface area contributed by atoms with E-state index in [2.05, 4.69) is 5.32 Å². The SMILES string of the molecule is CCOc1cccc([C@@H](C)NC(=O)c2sccc2-c2ccccc2)c1. The van der Waals surface area contributed by atoms with Gasteiger partial charge >= 0.3 is 0 Å². The Hall–Kier alpha value is -2.59. The van der Waals surface area contributed by atoms with Crippen LogP contribution in [0.4, 0.5) is 0 Å². The Labute approximate surface area is 152 Å². The van der Waals surface area contributed by atoms with E-state index in [1.165, 1.54) is 11.3 Å². The van der Waals surface area contributed by atoms with E-state index >= 15 is 0 Å². The lowest BCUT2D eigenvalue weighted by molar-refractivity contribution is 0.0944. The molecule has 0 saturated carbocycles. The third-order valence-corrected chi connectivity index (χ3v) is 4.89. The number of rotatable bonds is 6. The van der Waals surface area contributed by atoms with E-state index < -0.39 is 0 Å². The van der Waals surface area contributed by atoms with Crippen molar-refractivity contribution in [3.8, 4) is 16.9 Å². The molecule has 1 aromatic heterocycles. The van der Waals surface area contributed by atoms with Gasteiger partial charge in [0, 0.05) is 5.56 Å². The van der Waals surface area contributed by atoms with Crippen LogP contribution in [0.2, 0.25) is 0 Å². The van der Waals surface area contributed by atoms with Crippen molar-refractivity contribution in [2.75, 3.05) is 6.61 Å². The molecule has 0 aliphatic rings. The molecule has 128 valence electrons. The molecule has 1 heterocycles. The van der Waals surface area contributed by atoms with Gasteiger partial charge in [-0.2, -0.15) is 0 Å². The summed E-state index contributed by atoms with van der Waals surface area (Å²) in [6.07, 6.45) is 0. The normalized spacial score (nSPS) is 11.8. The van der Waals surface area contributed by atoms with Crippen molar-refractivity contribution in [2.24, 2.45) is 0 Å². The molecule has 1 amide bonds. The Kier molecular flexibility index (Phi) is 5.51. The summed E-state index contributed by atoms with van der Waals surface area (Å²) in [4.78, 5) is 13.5. The summed E-state index contributed by atoms with van der Waals surface area (Å²) in [5.41, 5.74) is 3.05. The molecule has 25 heavy (non-hydrogen) atoms. The van der Waals surface area contributed by atoms with E-state index in [9.17, 15) is 4.79 Å². The smallest absolute Gasteiger partial charge is 0.262 e. The maximum absolute atomic E-state index is 12.8. The van der Waals surface area contributed by atoms with Crippen LogP contribution in [0.5, 0.6) is 5.75 Å². The Bertz CT molecular complexity index is 842. The van der Waals surface area contributed by atoms with Crippen molar-refractivity contribution in [2.45, 2.75) is 19.9 Å². The number of carbonyl (C=O) groups is 1. The maximum Gasteiger partial charge on any atom is 0.262 e. The first-order valence-electron chi connectivity index (χ1n) is 8.35. The Morgan fingerprint density at radius 2 is 1.92 bits per heavy atom. The van der Waals surface area contributed by atoms with E-state index in [0.717, 1.165) is 27.3 Å². The van der Waals surface area contributed by atoms with Crippen LogP contribution < -0.4 is 10.1 Å². The molecule has 0 aliphatic carbocycles. The van der Waals surface area contributed by atoms with Gasteiger partial charge in [0.15, 0.2) is 0 Å². The number of hydrogen-bond acceptors (Lipinski definition) is 3. The lowest BCUT2D eigenvalue weighted by atomic mass is 10.1. The lowest BCUT2D eigenvalue weighted by Gasteiger charge is -2.15. The predicted molar refractivity (Wildman–Crippen MR) is 103 cm³/mol. The minimum Gasteiger partial charge on any atom is -0.494 e. The zero-order chi connectivity index (χ0) is 17.6. The van der Waals surface area contributed by atoms with Crippen molar-refractivity contribution < 1.29 is 9.53 Å². The molecule has 3 aromatic rings. The van der Waals surface area contributed by atoms with Gasteiger partial charge in [0.1, 0.15) is 5.75 Å². The predicted octanol–water partition coefficient (Wildman–Crippen LogP) is 5.30. The van der Waals surface area contributed by atoms with Gasteiger partial charge in [0.05, 0.1) is 17.5 Å². The van der Waals surface area contributed by atoms with Gasteiger partial charge in [0.2, 0.25) is 0 Å². The summed E-state index contributed by atoms with van der Waals surface area (Å²) in [5, 5.41) is 5.05. The molecule has 0 saturated heterocycles. The molecule has 0 radical (unpaired) electrons. The fourth-order valence-corrected chi connectivity index (χ4v) is 3.54. The second-order valence-electron chi connectivity index (χ2n) is 5.73. The van der Waals surface area contributed by atoms with Gasteiger partial charge in [-0.1, -0.05) is 42.5 Å². The fourth-order valence-electron chi connectivity index (χ4n) is 2.72. The van der Waals surface area contributed by atoms with Crippen molar-refractivity contribution >= 4 is 17.2 Å². The molecule has 1 atom stereocenters. The van der Waals surface area contributed by atoms with Gasteiger partial charge < -0.3 is 10.1 Å². The Balaban J connectivity index is 1.77. The minimum absolute atomic E-state index is 0.0526. The number of thiophene rings is 1. The van der Waals surface area contributed by atoms with E-state index in [1.54, 1.807) is 0 Å². The van der Waals surface area contributed by atoms with E-state index in [-0.39, 0.29) is 11.9 Å². The number of hydrogen-bond donors (Lipinski definition) is 1. The number of benzene rings is 2. The first kappa shape index (κ1) is 17.2. The molecular formula is C21H21NO2S. The summed E-state index contributed by atoms with van der Waals surface area (Å²) in [6, 6.07) is 19.7. The van der Waals surface area contributed by atoms with Crippen LogP contribution in [-0.2, 0) is 0 Å². The summed E-state index contributed by atoms with van der Waals surface area (Å²) >= 11 is 1.46. The number of amides is 1. The molecule has 0 aliphatic heterocycles. The van der Waals surface area contributed by atoms with E-state index in [0.29, 0.717) is 6.61 Å². The highest BCUT2D eigenvalue weighted by Gasteiger charge is 2.17. The van der Waals surface area contributed by atoms with Crippen molar-refractivity contribution in [3.63, 3.8) is 0 Å². The van der Waals surface area contributed by atoms with Crippen LogP contribution in [-0.4, -0.2) is 12.5 Å². The van der Waals surface area contributed by atoms with E-state index in [1.807, 2.05) is 79.9 Å². The second kappa shape index (κ2) is 7.99. The molecule has 3 rings (SSSR count). The standard InChI is InChI=1S/C21H21NO2S/c1-3-24-18-11-7-10-17(14-18)15(2)22-21(23)20-19(12-13-25-20)16-8-5-4-6-9-16/h4-15H,3H2,1-2H3,(H,22,23)/t15-/m1/s1. The Morgan fingerprint density at radius 1 is 1.12 bits per heavy atom. The monoisotopic (exact) mass is 351 g/mol. The van der Waals surface area contributed by atoms with Gasteiger partial charge in [0.25, 0.3) is 5.91 Å². The molecule has 0 fully saturated rings. The van der Waals surface area contributed by atoms with Gasteiger partial charge in [-0.15, -0.1) is 11.3 Å². The van der Waals surface area contributed by atoms with Gasteiger partial charge in [-0.05, 0) is 48.6 Å². The summed E-state index contributed by atoms with van der Waals surface area (Å²) in [6.45, 7) is 4.57. The summed E-state index contributed by atoms with van der Waals surface area (Å²) in [5.74, 6) is 0.769. The highest BCUT2D eigenvalue weighted by molar-refractivity contribution is 7.12. The largest absolute Gasteiger partial charge is 0.494 e. The molecule has 0 spiro atoms. The van der Waals surface area contributed by atoms with Crippen LogP contribution in [0.15, 0.2) is 66.0 Å². The molecule has 4 heteroatoms. The minimum atomic E-state index is -0.0985. The van der Waals surface area contributed by atoms with Crippen molar-refractivity contribution in [1.82, 2.24) is 5.32 Å². The topological polar surface area (TPSA) is 38.3 Å². The third-order valence-electron chi connectivity index (χ3n) is 3.97. The highest BCUT2D eigenvalue weighted by Crippen LogP contribution is 2.29. The number of carbonyl (C=O) groups excluding carboxylic acids is 1. The maximum atomic E-state index is 12.8. The fraction of sp³-hybridized carbons (Fsp3) is 0.190. The van der Waals surface area contributed by atoms with Crippen LogP contribution in [0.25, 0.3) is 11.1 Å². The average molecular weight is 351 g/mol. The van der Waals surface area contributed by atoms with Crippen LogP contribution in [0.1, 0.15) is 35.1 Å². The molecule has 2 aromatic carbocycles. The van der Waals surface area contributed by atoms with Crippen molar-refractivity contribution in [1.29, 1.82) is 0 Å².